The predicted octanol–water partition coefficient (Wildman–Crippen LogP) is 2.21. The second-order valence-corrected chi connectivity index (χ2v) is 5.61. The number of anilines is 1. The van der Waals surface area contributed by atoms with E-state index < -0.39 is 0 Å². The molecule has 0 fully saturated rings. The number of aromatic nitrogens is 2. The van der Waals surface area contributed by atoms with Gasteiger partial charge < -0.3 is 10.2 Å². The van der Waals surface area contributed by atoms with Crippen LogP contribution >= 0.6 is 0 Å². The summed E-state index contributed by atoms with van der Waals surface area (Å²) in [6.07, 6.45) is 4.17. The lowest BCUT2D eigenvalue weighted by molar-refractivity contribution is 0.0940. The molecule has 0 saturated heterocycles. The summed E-state index contributed by atoms with van der Waals surface area (Å²) >= 11 is 0. The molecule has 0 aliphatic carbocycles. The number of hydrogen-bond acceptors (Lipinski definition) is 4. The van der Waals surface area contributed by atoms with Crippen molar-refractivity contribution in [3.8, 4) is 0 Å². The number of amides is 1. The van der Waals surface area contributed by atoms with Gasteiger partial charge in [0.2, 0.25) is 0 Å². The number of nitrogens with zero attached hydrogens (tertiary/aromatic N) is 3. The van der Waals surface area contributed by atoms with E-state index in [-0.39, 0.29) is 11.9 Å². The molecule has 0 spiro atoms. The quantitative estimate of drug-likeness (QED) is 0.919. The summed E-state index contributed by atoms with van der Waals surface area (Å²) in [6, 6.07) is 7.51. The van der Waals surface area contributed by atoms with Crippen molar-refractivity contribution in [2.75, 3.05) is 19.0 Å². The summed E-state index contributed by atoms with van der Waals surface area (Å²) in [5, 5.41) is 3.02. The van der Waals surface area contributed by atoms with Crippen LogP contribution in [0.4, 0.5) is 5.82 Å². The van der Waals surface area contributed by atoms with Crippen molar-refractivity contribution in [1.29, 1.82) is 0 Å². The zero-order chi connectivity index (χ0) is 16.1. The van der Waals surface area contributed by atoms with Gasteiger partial charge >= 0.3 is 0 Å². The fourth-order valence-electron chi connectivity index (χ4n) is 2.31. The third-order valence-electron chi connectivity index (χ3n) is 3.45. The fraction of sp³-hybridized carbons (Fsp3) is 0.353. The Morgan fingerprint density at radius 3 is 2.59 bits per heavy atom. The second-order valence-electron chi connectivity index (χ2n) is 5.61. The molecule has 116 valence electrons. The number of carbonyl (C=O) groups is 1. The summed E-state index contributed by atoms with van der Waals surface area (Å²) in [4.78, 5) is 22.9. The van der Waals surface area contributed by atoms with E-state index in [1.165, 1.54) is 0 Å². The van der Waals surface area contributed by atoms with Crippen LogP contribution in [-0.2, 0) is 6.42 Å². The maximum Gasteiger partial charge on any atom is 0.255 e. The molecule has 0 saturated carbocycles. The van der Waals surface area contributed by atoms with E-state index in [0.29, 0.717) is 17.8 Å². The highest BCUT2D eigenvalue weighted by Crippen LogP contribution is 2.14. The Hall–Kier alpha value is -2.43. The molecular formula is C17H22N4O. The third-order valence-corrected chi connectivity index (χ3v) is 3.45. The van der Waals surface area contributed by atoms with E-state index in [2.05, 4.69) is 15.3 Å². The van der Waals surface area contributed by atoms with Gasteiger partial charge in [-0.3, -0.25) is 9.78 Å². The molecule has 0 aromatic carbocycles. The molecule has 2 heterocycles. The molecule has 0 bridgehead atoms. The van der Waals surface area contributed by atoms with Crippen molar-refractivity contribution in [2.24, 2.45) is 0 Å². The van der Waals surface area contributed by atoms with Crippen LogP contribution in [0, 0.1) is 6.92 Å². The first-order chi connectivity index (χ1) is 10.5. The molecule has 2 aromatic heterocycles. The van der Waals surface area contributed by atoms with E-state index in [4.69, 9.17) is 0 Å². The Bertz CT molecular complexity index is 655. The Kier molecular flexibility index (Phi) is 5.09. The van der Waals surface area contributed by atoms with Gasteiger partial charge in [-0.15, -0.1) is 0 Å². The smallest absolute Gasteiger partial charge is 0.255 e. The van der Waals surface area contributed by atoms with Crippen LogP contribution in [0.15, 0.2) is 36.7 Å². The van der Waals surface area contributed by atoms with E-state index in [1.54, 1.807) is 24.5 Å². The standard InChI is InChI=1S/C17H22N4O/c1-12-7-5-9-18-15(12)11-13(2)20-17(22)14-8-6-10-19-16(14)21(3)4/h5-10,13H,11H2,1-4H3,(H,20,22)/t13-/m1/s1. The van der Waals surface area contributed by atoms with Crippen molar-refractivity contribution in [2.45, 2.75) is 26.3 Å². The van der Waals surface area contributed by atoms with Crippen molar-refractivity contribution >= 4 is 11.7 Å². The minimum atomic E-state index is -0.113. The molecule has 2 rings (SSSR count). The average Bonchev–Trinajstić information content (AvgIpc) is 2.49. The van der Waals surface area contributed by atoms with Crippen LogP contribution in [0.1, 0.15) is 28.5 Å². The normalized spacial score (nSPS) is 11.8. The summed E-state index contributed by atoms with van der Waals surface area (Å²) in [5.41, 5.74) is 2.73. The number of carbonyl (C=O) groups excluding carboxylic acids is 1. The van der Waals surface area contributed by atoms with E-state index >= 15 is 0 Å². The highest BCUT2D eigenvalue weighted by molar-refractivity contribution is 5.98. The van der Waals surface area contributed by atoms with Crippen LogP contribution in [0.5, 0.6) is 0 Å². The Balaban J connectivity index is 2.08. The van der Waals surface area contributed by atoms with Gasteiger partial charge in [0.05, 0.1) is 5.56 Å². The number of nitrogens with one attached hydrogen (secondary N) is 1. The van der Waals surface area contributed by atoms with Crippen molar-refractivity contribution in [3.05, 3.63) is 53.5 Å². The van der Waals surface area contributed by atoms with Crippen LogP contribution < -0.4 is 10.2 Å². The van der Waals surface area contributed by atoms with Gasteiger partial charge in [0, 0.05) is 44.6 Å². The molecule has 2 aromatic rings. The molecule has 22 heavy (non-hydrogen) atoms. The maximum atomic E-state index is 12.5. The lowest BCUT2D eigenvalue weighted by Crippen LogP contribution is -2.35. The molecule has 1 N–H and O–H groups in total. The third kappa shape index (κ3) is 3.81. The van der Waals surface area contributed by atoms with Gasteiger partial charge in [0.25, 0.3) is 5.91 Å². The van der Waals surface area contributed by atoms with Gasteiger partial charge in [-0.05, 0) is 37.6 Å². The van der Waals surface area contributed by atoms with Crippen molar-refractivity contribution in [1.82, 2.24) is 15.3 Å². The van der Waals surface area contributed by atoms with Gasteiger partial charge in [-0.1, -0.05) is 6.07 Å². The van der Waals surface area contributed by atoms with Gasteiger partial charge in [0.1, 0.15) is 5.82 Å². The van der Waals surface area contributed by atoms with Gasteiger partial charge in [-0.25, -0.2) is 4.98 Å². The van der Waals surface area contributed by atoms with Crippen LogP contribution in [0.2, 0.25) is 0 Å². The van der Waals surface area contributed by atoms with E-state index in [9.17, 15) is 4.79 Å². The van der Waals surface area contributed by atoms with Crippen LogP contribution in [-0.4, -0.2) is 36.0 Å². The molecule has 0 aliphatic rings. The topological polar surface area (TPSA) is 58.1 Å². The number of rotatable bonds is 5. The second kappa shape index (κ2) is 7.02. The highest BCUT2D eigenvalue weighted by Gasteiger charge is 2.16. The van der Waals surface area contributed by atoms with Crippen LogP contribution in [0.25, 0.3) is 0 Å². The fourth-order valence-corrected chi connectivity index (χ4v) is 2.31. The Morgan fingerprint density at radius 1 is 1.23 bits per heavy atom. The van der Waals surface area contributed by atoms with Crippen molar-refractivity contribution < 1.29 is 4.79 Å². The molecule has 0 unspecified atom stereocenters. The Labute approximate surface area is 131 Å². The Morgan fingerprint density at radius 2 is 1.91 bits per heavy atom. The molecule has 1 amide bonds. The first-order valence-electron chi connectivity index (χ1n) is 7.32. The molecule has 0 aliphatic heterocycles. The largest absolute Gasteiger partial charge is 0.362 e. The summed E-state index contributed by atoms with van der Waals surface area (Å²) in [5.74, 6) is 0.555. The number of aryl methyl sites for hydroxylation is 1. The molecule has 5 nitrogen and oxygen atoms in total. The molecular weight excluding hydrogens is 276 g/mol. The number of hydrogen-bond donors (Lipinski definition) is 1. The van der Waals surface area contributed by atoms with Crippen LogP contribution in [0.3, 0.4) is 0 Å². The molecule has 5 heteroatoms. The molecule has 0 radical (unpaired) electrons. The number of pyridine rings is 2. The highest BCUT2D eigenvalue weighted by atomic mass is 16.1. The minimum absolute atomic E-state index is 0.00341. The first-order valence-corrected chi connectivity index (χ1v) is 7.32. The lowest BCUT2D eigenvalue weighted by Gasteiger charge is -2.18. The molecule has 1 atom stereocenters. The van der Waals surface area contributed by atoms with Gasteiger partial charge in [-0.2, -0.15) is 0 Å². The van der Waals surface area contributed by atoms with Crippen molar-refractivity contribution in [3.63, 3.8) is 0 Å². The minimum Gasteiger partial charge on any atom is -0.362 e. The van der Waals surface area contributed by atoms with Gasteiger partial charge in [0.15, 0.2) is 0 Å². The zero-order valence-electron chi connectivity index (χ0n) is 13.5. The predicted molar refractivity (Wildman–Crippen MR) is 88.2 cm³/mol. The van der Waals surface area contributed by atoms with E-state index in [1.807, 2.05) is 45.0 Å². The average molecular weight is 298 g/mol. The SMILES string of the molecule is Cc1cccnc1C[C@@H](C)NC(=O)c1cccnc1N(C)C. The maximum absolute atomic E-state index is 12.5. The zero-order valence-corrected chi connectivity index (χ0v) is 13.5. The summed E-state index contributed by atoms with van der Waals surface area (Å²) in [7, 11) is 3.75. The lowest BCUT2D eigenvalue weighted by atomic mass is 10.1. The summed E-state index contributed by atoms with van der Waals surface area (Å²) < 4.78 is 0. The van der Waals surface area contributed by atoms with E-state index in [0.717, 1.165) is 11.3 Å². The first kappa shape index (κ1) is 15.9. The summed E-state index contributed by atoms with van der Waals surface area (Å²) in [6.45, 7) is 4.01. The monoisotopic (exact) mass is 298 g/mol.